The number of fused-ring (bicyclic) bond motifs is 1. The number of aromatic nitrogens is 1. The molecule has 1 heterocycles. The summed E-state index contributed by atoms with van der Waals surface area (Å²) >= 11 is 0. The molecule has 0 amide bonds. The Labute approximate surface area is 120 Å². The van der Waals surface area contributed by atoms with E-state index < -0.39 is 0 Å². The highest BCUT2D eigenvalue weighted by Crippen LogP contribution is 2.36. The SMILES string of the molecule is CCCCN(c1cc(C)nc2ccc(N)cc12)C1CC1. The number of benzene rings is 1. The van der Waals surface area contributed by atoms with Gasteiger partial charge in [0, 0.05) is 35.0 Å². The molecular weight excluding hydrogens is 246 g/mol. The molecule has 1 aliphatic carbocycles. The first kappa shape index (κ1) is 13.2. The van der Waals surface area contributed by atoms with Gasteiger partial charge in [0.25, 0.3) is 0 Å². The molecule has 0 saturated heterocycles. The minimum absolute atomic E-state index is 0.716. The third-order valence-electron chi connectivity index (χ3n) is 3.99. The second kappa shape index (κ2) is 5.31. The number of nitrogen functional groups attached to an aromatic ring is 1. The van der Waals surface area contributed by atoms with Crippen LogP contribution in [0.2, 0.25) is 0 Å². The second-order valence-electron chi connectivity index (χ2n) is 5.84. The first-order valence-electron chi connectivity index (χ1n) is 7.62. The maximum atomic E-state index is 5.98. The molecule has 3 heteroatoms. The Hall–Kier alpha value is -1.77. The molecule has 20 heavy (non-hydrogen) atoms. The average Bonchev–Trinajstić information content (AvgIpc) is 3.24. The van der Waals surface area contributed by atoms with E-state index in [4.69, 9.17) is 5.73 Å². The van der Waals surface area contributed by atoms with Crippen molar-refractivity contribution in [2.75, 3.05) is 17.2 Å². The number of hydrogen-bond donors (Lipinski definition) is 1. The first-order chi connectivity index (χ1) is 9.69. The maximum absolute atomic E-state index is 5.98. The predicted octanol–water partition coefficient (Wildman–Crippen LogP) is 3.89. The Kier molecular flexibility index (Phi) is 3.51. The molecule has 0 unspecified atom stereocenters. The normalized spacial score (nSPS) is 14.7. The van der Waals surface area contributed by atoms with Crippen molar-refractivity contribution in [2.45, 2.75) is 45.6 Å². The van der Waals surface area contributed by atoms with Crippen molar-refractivity contribution in [1.29, 1.82) is 0 Å². The van der Waals surface area contributed by atoms with Crippen LogP contribution in [0.25, 0.3) is 10.9 Å². The third kappa shape index (κ3) is 2.58. The van der Waals surface area contributed by atoms with Crippen LogP contribution in [-0.2, 0) is 0 Å². The molecule has 1 aliphatic rings. The van der Waals surface area contributed by atoms with Gasteiger partial charge in [-0.25, -0.2) is 0 Å². The number of nitrogens with zero attached hydrogens (tertiary/aromatic N) is 2. The van der Waals surface area contributed by atoms with Crippen LogP contribution in [0.4, 0.5) is 11.4 Å². The van der Waals surface area contributed by atoms with Gasteiger partial charge < -0.3 is 10.6 Å². The summed E-state index contributed by atoms with van der Waals surface area (Å²) in [5.41, 5.74) is 10.2. The fourth-order valence-electron chi connectivity index (χ4n) is 2.81. The van der Waals surface area contributed by atoms with Gasteiger partial charge in [-0.2, -0.15) is 0 Å². The number of unbranched alkanes of at least 4 members (excludes halogenated alkanes) is 1. The predicted molar refractivity (Wildman–Crippen MR) is 86.2 cm³/mol. The van der Waals surface area contributed by atoms with Gasteiger partial charge in [-0.05, 0) is 50.5 Å². The summed E-state index contributed by atoms with van der Waals surface area (Å²) in [5.74, 6) is 0. The van der Waals surface area contributed by atoms with Crippen LogP contribution >= 0.6 is 0 Å². The largest absolute Gasteiger partial charge is 0.399 e. The topological polar surface area (TPSA) is 42.2 Å². The van der Waals surface area contributed by atoms with E-state index in [1.54, 1.807) is 0 Å². The molecule has 1 fully saturated rings. The molecule has 3 rings (SSSR count). The molecule has 106 valence electrons. The zero-order valence-corrected chi connectivity index (χ0v) is 12.4. The summed E-state index contributed by atoms with van der Waals surface area (Å²) in [6, 6.07) is 8.97. The highest BCUT2D eigenvalue weighted by atomic mass is 15.2. The Morgan fingerprint density at radius 3 is 2.80 bits per heavy atom. The molecule has 0 spiro atoms. The van der Waals surface area contributed by atoms with Gasteiger partial charge in [-0.1, -0.05) is 13.3 Å². The van der Waals surface area contributed by atoms with Crippen LogP contribution < -0.4 is 10.6 Å². The zero-order chi connectivity index (χ0) is 14.1. The van der Waals surface area contributed by atoms with Gasteiger partial charge in [0.15, 0.2) is 0 Å². The molecule has 1 saturated carbocycles. The lowest BCUT2D eigenvalue weighted by atomic mass is 10.1. The summed E-state index contributed by atoms with van der Waals surface area (Å²) in [6.45, 7) is 5.46. The standard InChI is InChI=1S/C17H23N3/c1-3-4-9-20(14-6-7-14)17-10-12(2)19-16-8-5-13(18)11-15(16)17/h5,8,10-11,14H,3-4,6-7,9,18H2,1-2H3. The van der Waals surface area contributed by atoms with Crippen molar-refractivity contribution in [3.63, 3.8) is 0 Å². The molecule has 2 aromatic rings. The lowest BCUT2D eigenvalue weighted by molar-refractivity contribution is 0.714. The first-order valence-corrected chi connectivity index (χ1v) is 7.62. The number of pyridine rings is 1. The molecule has 0 atom stereocenters. The summed E-state index contributed by atoms with van der Waals surface area (Å²) < 4.78 is 0. The molecule has 3 nitrogen and oxygen atoms in total. The molecule has 2 N–H and O–H groups in total. The zero-order valence-electron chi connectivity index (χ0n) is 12.4. The Morgan fingerprint density at radius 2 is 2.10 bits per heavy atom. The van der Waals surface area contributed by atoms with E-state index in [1.807, 2.05) is 12.1 Å². The summed E-state index contributed by atoms with van der Waals surface area (Å²) in [6.07, 6.45) is 5.10. The molecule has 0 aliphatic heterocycles. The van der Waals surface area contributed by atoms with Gasteiger partial charge in [0.2, 0.25) is 0 Å². The lowest BCUT2D eigenvalue weighted by Crippen LogP contribution is -2.27. The number of hydrogen-bond acceptors (Lipinski definition) is 3. The minimum atomic E-state index is 0.716. The van der Waals surface area contributed by atoms with Crippen LogP contribution in [0, 0.1) is 6.92 Å². The van der Waals surface area contributed by atoms with Crippen LogP contribution in [0.5, 0.6) is 0 Å². The van der Waals surface area contributed by atoms with Crippen molar-refractivity contribution >= 4 is 22.3 Å². The second-order valence-corrected chi connectivity index (χ2v) is 5.84. The van der Waals surface area contributed by atoms with Crippen molar-refractivity contribution < 1.29 is 0 Å². The molecule has 0 bridgehead atoms. The molecule has 1 aromatic heterocycles. The number of aryl methyl sites for hydroxylation is 1. The smallest absolute Gasteiger partial charge is 0.0727 e. The van der Waals surface area contributed by atoms with E-state index in [9.17, 15) is 0 Å². The lowest BCUT2D eigenvalue weighted by Gasteiger charge is -2.26. The van der Waals surface area contributed by atoms with Gasteiger partial charge in [-0.3, -0.25) is 4.98 Å². The number of anilines is 2. The summed E-state index contributed by atoms with van der Waals surface area (Å²) in [4.78, 5) is 7.21. The van der Waals surface area contributed by atoms with Crippen LogP contribution in [0.1, 0.15) is 38.3 Å². The van der Waals surface area contributed by atoms with Gasteiger partial charge in [0.05, 0.1) is 5.52 Å². The minimum Gasteiger partial charge on any atom is -0.399 e. The van der Waals surface area contributed by atoms with Crippen molar-refractivity contribution in [2.24, 2.45) is 0 Å². The van der Waals surface area contributed by atoms with Crippen molar-refractivity contribution in [3.05, 3.63) is 30.0 Å². The van der Waals surface area contributed by atoms with Crippen LogP contribution in [0.15, 0.2) is 24.3 Å². The third-order valence-corrected chi connectivity index (χ3v) is 3.99. The number of nitrogens with two attached hydrogens (primary N) is 1. The van der Waals surface area contributed by atoms with Gasteiger partial charge in [0.1, 0.15) is 0 Å². The van der Waals surface area contributed by atoms with Gasteiger partial charge >= 0.3 is 0 Å². The van der Waals surface area contributed by atoms with Crippen LogP contribution in [-0.4, -0.2) is 17.6 Å². The fourth-order valence-corrected chi connectivity index (χ4v) is 2.81. The molecule has 1 aromatic carbocycles. The Balaban J connectivity index is 2.09. The Bertz CT molecular complexity index is 617. The van der Waals surface area contributed by atoms with E-state index >= 15 is 0 Å². The molecular formula is C17H23N3. The Morgan fingerprint density at radius 1 is 1.30 bits per heavy atom. The highest BCUT2D eigenvalue weighted by molar-refractivity contribution is 5.94. The fraction of sp³-hybridized carbons (Fsp3) is 0.471. The maximum Gasteiger partial charge on any atom is 0.0727 e. The van der Waals surface area contributed by atoms with E-state index in [-0.39, 0.29) is 0 Å². The highest BCUT2D eigenvalue weighted by Gasteiger charge is 2.29. The van der Waals surface area contributed by atoms with Crippen molar-refractivity contribution in [1.82, 2.24) is 4.98 Å². The summed E-state index contributed by atoms with van der Waals surface area (Å²) in [5, 5.41) is 1.19. The number of rotatable bonds is 5. The van der Waals surface area contributed by atoms with Crippen LogP contribution in [0.3, 0.4) is 0 Å². The quantitative estimate of drug-likeness (QED) is 0.837. The van der Waals surface area contributed by atoms with E-state index in [1.165, 1.54) is 36.8 Å². The monoisotopic (exact) mass is 269 g/mol. The van der Waals surface area contributed by atoms with E-state index in [0.717, 1.165) is 23.4 Å². The molecule has 0 radical (unpaired) electrons. The van der Waals surface area contributed by atoms with E-state index in [0.29, 0.717) is 6.04 Å². The van der Waals surface area contributed by atoms with E-state index in [2.05, 4.69) is 35.9 Å². The van der Waals surface area contributed by atoms with Crippen molar-refractivity contribution in [3.8, 4) is 0 Å². The average molecular weight is 269 g/mol. The van der Waals surface area contributed by atoms with Gasteiger partial charge in [-0.15, -0.1) is 0 Å². The summed E-state index contributed by atoms with van der Waals surface area (Å²) in [7, 11) is 0.